The van der Waals surface area contributed by atoms with Crippen LogP contribution in [-0.2, 0) is 29.0 Å². The third kappa shape index (κ3) is 4.58. The Morgan fingerprint density at radius 1 is 1.00 bits per heavy atom. The molecule has 7 nitrogen and oxygen atoms in total. The van der Waals surface area contributed by atoms with Crippen molar-refractivity contribution >= 4 is 21.0 Å². The lowest BCUT2D eigenvalue weighted by molar-refractivity contribution is 0.132. The second kappa shape index (κ2) is 8.34. The first-order chi connectivity index (χ1) is 15.7. The first kappa shape index (κ1) is 24.7. The number of rotatable bonds is 4. The molecule has 3 aromatic rings. The lowest BCUT2D eigenvalue weighted by Crippen LogP contribution is -2.49. The van der Waals surface area contributed by atoms with E-state index in [2.05, 4.69) is 64.6 Å². The van der Waals surface area contributed by atoms with Crippen LogP contribution in [0, 0.1) is 12.3 Å². The van der Waals surface area contributed by atoms with Crippen LogP contribution in [-0.4, -0.2) is 52.0 Å². The molecule has 1 aliphatic rings. The SMILES string of the molecule is Cc1ccc(C(C)(C)N2CCS(=O)(=O)CC2)cc1-c1ccc2c(n1)n(C)c(=O)n2CC(C)(C)C. The smallest absolute Gasteiger partial charge is 0.292 e. The van der Waals surface area contributed by atoms with Crippen molar-refractivity contribution in [1.29, 1.82) is 0 Å². The van der Waals surface area contributed by atoms with Gasteiger partial charge in [0.25, 0.3) is 0 Å². The number of imidazole rings is 1. The number of hydrogen-bond donors (Lipinski definition) is 0. The van der Waals surface area contributed by atoms with Crippen LogP contribution >= 0.6 is 0 Å². The molecule has 0 aliphatic carbocycles. The highest BCUT2D eigenvalue weighted by Gasteiger charge is 2.34. The molecular formula is C26H36N4O3S. The third-order valence-electron chi connectivity index (χ3n) is 6.97. The van der Waals surface area contributed by atoms with Gasteiger partial charge in [-0.25, -0.2) is 18.2 Å². The number of fused-ring (bicyclic) bond motifs is 1. The Hall–Kier alpha value is -2.45. The minimum atomic E-state index is -2.94. The van der Waals surface area contributed by atoms with Gasteiger partial charge in [0, 0.05) is 37.8 Å². The van der Waals surface area contributed by atoms with Crippen LogP contribution in [0.4, 0.5) is 0 Å². The van der Waals surface area contributed by atoms with Gasteiger partial charge in [-0.15, -0.1) is 0 Å². The summed E-state index contributed by atoms with van der Waals surface area (Å²) in [5, 5.41) is 0. The Balaban J connectivity index is 1.75. The van der Waals surface area contributed by atoms with Gasteiger partial charge in [0.1, 0.15) is 0 Å². The molecular weight excluding hydrogens is 448 g/mol. The maximum Gasteiger partial charge on any atom is 0.330 e. The Kier molecular flexibility index (Phi) is 6.05. The molecule has 0 atom stereocenters. The molecule has 3 heterocycles. The Morgan fingerprint density at radius 3 is 2.26 bits per heavy atom. The molecule has 0 spiro atoms. The van der Waals surface area contributed by atoms with Gasteiger partial charge in [-0.05, 0) is 55.5 Å². The lowest BCUT2D eigenvalue weighted by atomic mass is 9.88. The zero-order valence-corrected chi connectivity index (χ0v) is 22.2. The summed E-state index contributed by atoms with van der Waals surface area (Å²) in [5.74, 6) is 0.403. The molecule has 8 heteroatoms. The van der Waals surface area contributed by atoms with Crippen LogP contribution in [0.2, 0.25) is 0 Å². The summed E-state index contributed by atoms with van der Waals surface area (Å²) in [6.45, 7) is 14.4. The van der Waals surface area contributed by atoms with E-state index in [4.69, 9.17) is 4.98 Å². The van der Waals surface area contributed by atoms with E-state index in [-0.39, 0.29) is 28.1 Å². The highest BCUT2D eigenvalue weighted by Crippen LogP contribution is 2.34. The summed E-state index contributed by atoms with van der Waals surface area (Å²) in [6, 6.07) is 10.4. The lowest BCUT2D eigenvalue weighted by Gasteiger charge is -2.41. The Morgan fingerprint density at radius 2 is 1.65 bits per heavy atom. The van der Waals surface area contributed by atoms with E-state index in [0.717, 1.165) is 27.9 Å². The number of nitrogens with zero attached hydrogens (tertiary/aromatic N) is 4. The monoisotopic (exact) mass is 484 g/mol. The van der Waals surface area contributed by atoms with Crippen LogP contribution in [0.15, 0.2) is 35.1 Å². The molecule has 184 valence electrons. The molecule has 0 unspecified atom stereocenters. The zero-order valence-electron chi connectivity index (χ0n) is 21.3. The van der Waals surface area contributed by atoms with Gasteiger partial charge in [0.2, 0.25) is 0 Å². The van der Waals surface area contributed by atoms with E-state index in [9.17, 15) is 13.2 Å². The van der Waals surface area contributed by atoms with Crippen molar-refractivity contribution in [1.82, 2.24) is 19.0 Å². The third-order valence-corrected chi connectivity index (χ3v) is 8.58. The normalized spacial score (nSPS) is 17.4. The van der Waals surface area contributed by atoms with Gasteiger partial charge in [-0.3, -0.25) is 14.0 Å². The number of aromatic nitrogens is 3. The average Bonchev–Trinajstić information content (AvgIpc) is 2.97. The van der Waals surface area contributed by atoms with Gasteiger partial charge < -0.3 is 0 Å². The van der Waals surface area contributed by atoms with Crippen molar-refractivity contribution in [3.8, 4) is 11.3 Å². The van der Waals surface area contributed by atoms with E-state index in [1.807, 2.05) is 16.7 Å². The Labute approximate surface area is 202 Å². The molecule has 34 heavy (non-hydrogen) atoms. The second-order valence-electron chi connectivity index (χ2n) is 11.3. The summed E-state index contributed by atoms with van der Waals surface area (Å²) < 4.78 is 27.3. The van der Waals surface area contributed by atoms with Crippen molar-refractivity contribution < 1.29 is 8.42 Å². The van der Waals surface area contributed by atoms with Crippen LogP contribution in [0.1, 0.15) is 45.7 Å². The largest absolute Gasteiger partial charge is 0.330 e. The quantitative estimate of drug-likeness (QED) is 0.564. The van der Waals surface area contributed by atoms with Crippen molar-refractivity contribution in [2.24, 2.45) is 12.5 Å². The molecule has 1 aromatic carbocycles. The topological polar surface area (TPSA) is 77.2 Å². The minimum absolute atomic E-state index is 0.0267. The molecule has 0 N–H and O–H groups in total. The number of pyridine rings is 1. The van der Waals surface area contributed by atoms with Gasteiger partial charge >= 0.3 is 5.69 Å². The first-order valence-corrected chi connectivity index (χ1v) is 13.6. The maximum absolute atomic E-state index is 12.9. The van der Waals surface area contributed by atoms with E-state index in [0.29, 0.717) is 25.3 Å². The van der Waals surface area contributed by atoms with Crippen molar-refractivity contribution in [2.75, 3.05) is 24.6 Å². The zero-order chi connectivity index (χ0) is 25.1. The molecule has 1 saturated heterocycles. The standard InChI is InChI=1S/C26H36N4O3S/c1-18-8-9-19(26(5,6)29-12-14-34(32,33)15-13-29)16-20(18)21-10-11-22-23(27-21)28(7)24(31)30(22)17-25(2,3)4/h8-11,16H,12-15,17H2,1-7H3. The van der Waals surface area contributed by atoms with Crippen LogP contribution in [0.5, 0.6) is 0 Å². The molecule has 4 rings (SSSR count). The summed E-state index contributed by atoms with van der Waals surface area (Å²) in [4.78, 5) is 20.1. The predicted molar refractivity (Wildman–Crippen MR) is 138 cm³/mol. The number of hydrogen-bond acceptors (Lipinski definition) is 5. The van der Waals surface area contributed by atoms with Gasteiger partial charge in [0.15, 0.2) is 15.5 Å². The number of sulfone groups is 1. The summed E-state index contributed by atoms with van der Waals surface area (Å²) in [6.07, 6.45) is 0. The fraction of sp³-hybridized carbons (Fsp3) is 0.538. The van der Waals surface area contributed by atoms with Crippen LogP contribution in [0.3, 0.4) is 0 Å². The van der Waals surface area contributed by atoms with E-state index >= 15 is 0 Å². The molecule has 1 aliphatic heterocycles. The highest BCUT2D eigenvalue weighted by molar-refractivity contribution is 7.91. The minimum Gasteiger partial charge on any atom is -0.292 e. The number of benzene rings is 1. The highest BCUT2D eigenvalue weighted by atomic mass is 32.2. The molecule has 0 amide bonds. The fourth-order valence-electron chi connectivity index (χ4n) is 4.78. The van der Waals surface area contributed by atoms with Crippen molar-refractivity contribution in [3.63, 3.8) is 0 Å². The first-order valence-electron chi connectivity index (χ1n) is 11.8. The van der Waals surface area contributed by atoms with Crippen LogP contribution in [0.25, 0.3) is 22.4 Å². The molecule has 0 radical (unpaired) electrons. The molecule has 1 fully saturated rings. The van der Waals surface area contributed by atoms with E-state index < -0.39 is 9.84 Å². The Bertz CT molecular complexity index is 1390. The fourth-order valence-corrected chi connectivity index (χ4v) is 5.98. The summed E-state index contributed by atoms with van der Waals surface area (Å²) in [5.41, 5.74) is 5.20. The molecule has 0 bridgehead atoms. The summed E-state index contributed by atoms with van der Waals surface area (Å²) in [7, 11) is -1.16. The van der Waals surface area contributed by atoms with Gasteiger partial charge in [0.05, 0.1) is 22.7 Å². The second-order valence-corrected chi connectivity index (χ2v) is 13.6. The van der Waals surface area contributed by atoms with E-state index in [1.54, 1.807) is 11.6 Å². The average molecular weight is 485 g/mol. The van der Waals surface area contributed by atoms with Crippen molar-refractivity contribution in [2.45, 2.75) is 53.6 Å². The molecule has 0 saturated carbocycles. The van der Waals surface area contributed by atoms with Crippen molar-refractivity contribution in [3.05, 3.63) is 51.9 Å². The van der Waals surface area contributed by atoms with Gasteiger partial charge in [-0.1, -0.05) is 32.9 Å². The van der Waals surface area contributed by atoms with E-state index in [1.165, 1.54) is 0 Å². The predicted octanol–water partition coefficient (Wildman–Crippen LogP) is 3.72. The maximum atomic E-state index is 12.9. The number of aryl methyl sites for hydroxylation is 2. The van der Waals surface area contributed by atoms with Gasteiger partial charge in [-0.2, -0.15) is 0 Å². The molecule has 2 aromatic heterocycles. The summed E-state index contributed by atoms with van der Waals surface area (Å²) >= 11 is 0. The van der Waals surface area contributed by atoms with Crippen LogP contribution < -0.4 is 5.69 Å².